The molecule has 0 aromatic carbocycles. The zero-order valence-corrected chi connectivity index (χ0v) is 13.0. The number of hydrogen-bond acceptors (Lipinski definition) is 4. The van der Waals surface area contributed by atoms with Crippen molar-refractivity contribution in [3.63, 3.8) is 0 Å². The molecule has 0 saturated carbocycles. The first-order valence-electron chi connectivity index (χ1n) is 7.13. The number of nitrogens with zero attached hydrogens (tertiary/aromatic N) is 2. The lowest BCUT2D eigenvalue weighted by atomic mass is 10.1. The molecule has 1 aliphatic rings. The van der Waals surface area contributed by atoms with E-state index in [1.165, 1.54) is 23.5 Å². The molecular formula is C15H25N3S. The van der Waals surface area contributed by atoms with Gasteiger partial charge in [-0.15, -0.1) is 0 Å². The molecule has 0 bridgehead atoms. The van der Waals surface area contributed by atoms with Crippen LogP contribution in [0.3, 0.4) is 0 Å². The van der Waals surface area contributed by atoms with Crippen molar-refractivity contribution in [2.24, 2.45) is 5.92 Å². The smallest absolute Gasteiger partial charge is 0.133 e. The monoisotopic (exact) mass is 279 g/mol. The van der Waals surface area contributed by atoms with Gasteiger partial charge in [0.1, 0.15) is 5.82 Å². The molecule has 1 aromatic rings. The Balaban J connectivity index is 2.02. The number of aromatic nitrogens is 1. The van der Waals surface area contributed by atoms with Gasteiger partial charge in [-0.05, 0) is 30.7 Å². The molecule has 0 aliphatic carbocycles. The van der Waals surface area contributed by atoms with Crippen molar-refractivity contribution in [3.8, 4) is 0 Å². The molecule has 1 N–H and O–H groups in total. The van der Waals surface area contributed by atoms with E-state index in [9.17, 15) is 0 Å². The molecular weight excluding hydrogens is 254 g/mol. The first kappa shape index (κ1) is 14.7. The molecule has 0 spiro atoms. The maximum atomic E-state index is 4.60. The second-order valence-corrected chi connectivity index (χ2v) is 6.79. The SMILES string of the molecule is CC(C)CNCc1cccnc1N(C)C1CCSC1. The third-order valence-corrected chi connectivity index (χ3v) is 4.67. The highest BCUT2D eigenvalue weighted by atomic mass is 32.2. The van der Waals surface area contributed by atoms with Crippen LogP contribution < -0.4 is 10.2 Å². The van der Waals surface area contributed by atoms with E-state index in [4.69, 9.17) is 0 Å². The number of anilines is 1. The maximum Gasteiger partial charge on any atom is 0.133 e. The number of pyridine rings is 1. The van der Waals surface area contributed by atoms with Crippen LogP contribution in [0.4, 0.5) is 5.82 Å². The van der Waals surface area contributed by atoms with E-state index in [2.05, 4.69) is 42.2 Å². The summed E-state index contributed by atoms with van der Waals surface area (Å²) >= 11 is 2.05. The molecule has 1 saturated heterocycles. The Bertz CT molecular complexity index is 389. The first-order valence-corrected chi connectivity index (χ1v) is 8.29. The summed E-state index contributed by atoms with van der Waals surface area (Å²) in [4.78, 5) is 6.97. The summed E-state index contributed by atoms with van der Waals surface area (Å²) < 4.78 is 0. The van der Waals surface area contributed by atoms with Gasteiger partial charge in [0.25, 0.3) is 0 Å². The lowest BCUT2D eigenvalue weighted by molar-refractivity contribution is 0.550. The second-order valence-electron chi connectivity index (χ2n) is 5.64. The predicted octanol–water partition coefficient (Wildman–Crippen LogP) is 2.77. The fourth-order valence-corrected chi connectivity index (χ4v) is 3.65. The maximum absolute atomic E-state index is 4.60. The van der Waals surface area contributed by atoms with Gasteiger partial charge in [0, 0.05) is 37.1 Å². The standard InChI is InChI=1S/C15H25N3S/c1-12(2)9-16-10-13-5-4-7-17-15(13)18(3)14-6-8-19-11-14/h4-5,7,12,14,16H,6,8-11H2,1-3H3. The molecule has 19 heavy (non-hydrogen) atoms. The van der Waals surface area contributed by atoms with Crippen LogP contribution in [0.15, 0.2) is 18.3 Å². The highest BCUT2D eigenvalue weighted by Crippen LogP contribution is 2.26. The molecule has 1 atom stereocenters. The largest absolute Gasteiger partial charge is 0.356 e. The minimum atomic E-state index is 0.642. The molecule has 0 radical (unpaired) electrons. The van der Waals surface area contributed by atoms with Crippen LogP contribution in [0.2, 0.25) is 0 Å². The van der Waals surface area contributed by atoms with E-state index in [1.54, 1.807) is 0 Å². The number of nitrogens with one attached hydrogen (secondary N) is 1. The average Bonchev–Trinajstić information content (AvgIpc) is 2.92. The summed E-state index contributed by atoms with van der Waals surface area (Å²) in [6.07, 6.45) is 3.18. The van der Waals surface area contributed by atoms with E-state index in [0.717, 1.165) is 18.9 Å². The number of thioether (sulfide) groups is 1. The van der Waals surface area contributed by atoms with E-state index >= 15 is 0 Å². The molecule has 1 aromatic heterocycles. The molecule has 3 nitrogen and oxygen atoms in total. The van der Waals surface area contributed by atoms with Crippen LogP contribution in [0, 0.1) is 5.92 Å². The van der Waals surface area contributed by atoms with Crippen molar-refractivity contribution >= 4 is 17.6 Å². The van der Waals surface area contributed by atoms with Crippen LogP contribution in [0.25, 0.3) is 0 Å². The summed E-state index contributed by atoms with van der Waals surface area (Å²) in [6, 6.07) is 4.87. The molecule has 2 heterocycles. The fraction of sp³-hybridized carbons (Fsp3) is 0.667. The van der Waals surface area contributed by atoms with E-state index in [0.29, 0.717) is 12.0 Å². The van der Waals surface area contributed by atoms with Gasteiger partial charge in [0.2, 0.25) is 0 Å². The normalized spacial score (nSPS) is 19.1. The van der Waals surface area contributed by atoms with Gasteiger partial charge in [0.15, 0.2) is 0 Å². The Labute approximate surface area is 121 Å². The molecule has 1 fully saturated rings. The van der Waals surface area contributed by atoms with Crippen molar-refractivity contribution in [2.75, 3.05) is 30.0 Å². The zero-order chi connectivity index (χ0) is 13.7. The quantitative estimate of drug-likeness (QED) is 0.867. The summed E-state index contributed by atoms with van der Waals surface area (Å²) in [5.74, 6) is 4.34. The van der Waals surface area contributed by atoms with Crippen LogP contribution in [0.5, 0.6) is 0 Å². The molecule has 4 heteroatoms. The minimum absolute atomic E-state index is 0.642. The summed E-state index contributed by atoms with van der Waals surface area (Å²) in [7, 11) is 2.19. The van der Waals surface area contributed by atoms with Crippen LogP contribution in [-0.4, -0.2) is 36.1 Å². The highest BCUT2D eigenvalue weighted by Gasteiger charge is 2.22. The van der Waals surface area contributed by atoms with E-state index in [-0.39, 0.29) is 0 Å². The van der Waals surface area contributed by atoms with Gasteiger partial charge in [-0.2, -0.15) is 11.8 Å². The zero-order valence-electron chi connectivity index (χ0n) is 12.2. The van der Waals surface area contributed by atoms with Crippen LogP contribution in [0.1, 0.15) is 25.8 Å². The van der Waals surface area contributed by atoms with Crippen molar-refractivity contribution in [2.45, 2.75) is 32.9 Å². The average molecular weight is 279 g/mol. The second kappa shape index (κ2) is 7.15. The Morgan fingerprint density at radius 3 is 3.05 bits per heavy atom. The van der Waals surface area contributed by atoms with Crippen LogP contribution in [-0.2, 0) is 6.54 Å². The predicted molar refractivity (Wildman–Crippen MR) is 84.9 cm³/mol. The highest BCUT2D eigenvalue weighted by molar-refractivity contribution is 7.99. The van der Waals surface area contributed by atoms with Crippen molar-refractivity contribution in [3.05, 3.63) is 23.9 Å². The van der Waals surface area contributed by atoms with Crippen LogP contribution >= 0.6 is 11.8 Å². The van der Waals surface area contributed by atoms with Crippen molar-refractivity contribution in [1.29, 1.82) is 0 Å². The first-order chi connectivity index (χ1) is 9.18. The Hall–Kier alpha value is -0.740. The van der Waals surface area contributed by atoms with Gasteiger partial charge < -0.3 is 10.2 Å². The summed E-state index contributed by atoms with van der Waals surface area (Å²) in [5.41, 5.74) is 1.31. The third-order valence-electron chi connectivity index (χ3n) is 3.52. The molecule has 1 aliphatic heterocycles. The summed E-state index contributed by atoms with van der Waals surface area (Å²) in [5, 5.41) is 3.52. The topological polar surface area (TPSA) is 28.2 Å². The molecule has 106 valence electrons. The van der Waals surface area contributed by atoms with E-state index < -0.39 is 0 Å². The molecule has 1 unspecified atom stereocenters. The number of rotatable bonds is 6. The Kier molecular flexibility index (Phi) is 5.52. The Morgan fingerprint density at radius 2 is 2.37 bits per heavy atom. The summed E-state index contributed by atoms with van der Waals surface area (Å²) in [6.45, 7) is 6.43. The molecule has 0 amide bonds. The fourth-order valence-electron chi connectivity index (χ4n) is 2.38. The van der Waals surface area contributed by atoms with Gasteiger partial charge in [0.05, 0.1) is 0 Å². The lowest BCUT2D eigenvalue weighted by Crippen LogP contribution is -2.33. The Morgan fingerprint density at radius 1 is 1.53 bits per heavy atom. The lowest BCUT2D eigenvalue weighted by Gasteiger charge is -2.27. The minimum Gasteiger partial charge on any atom is -0.356 e. The molecule has 2 rings (SSSR count). The van der Waals surface area contributed by atoms with E-state index in [1.807, 2.05) is 24.0 Å². The van der Waals surface area contributed by atoms with Gasteiger partial charge in [-0.25, -0.2) is 4.98 Å². The van der Waals surface area contributed by atoms with Gasteiger partial charge in [-0.1, -0.05) is 19.9 Å². The van der Waals surface area contributed by atoms with Gasteiger partial charge in [-0.3, -0.25) is 0 Å². The third kappa shape index (κ3) is 4.11. The number of hydrogen-bond donors (Lipinski definition) is 1. The van der Waals surface area contributed by atoms with Crippen molar-refractivity contribution < 1.29 is 0 Å². The van der Waals surface area contributed by atoms with Gasteiger partial charge >= 0.3 is 0 Å². The van der Waals surface area contributed by atoms with Crippen molar-refractivity contribution in [1.82, 2.24) is 10.3 Å².